The maximum Gasteiger partial charge on any atom is 0.338 e. The number of aliphatic hydroxyl groups excluding tert-OH is 1. The Morgan fingerprint density at radius 1 is 0.946 bits per heavy atom. The van der Waals surface area contributed by atoms with Gasteiger partial charge in [-0.25, -0.2) is 4.79 Å². The second-order valence-electron chi connectivity index (χ2n) is 8.44. The fraction of sp³-hybridized carbons (Fsp3) is 0.207. The second kappa shape index (κ2) is 10.6. The number of benzene rings is 3. The van der Waals surface area contributed by atoms with Crippen LogP contribution in [-0.4, -0.2) is 41.1 Å². The van der Waals surface area contributed by atoms with E-state index in [0.29, 0.717) is 34.7 Å². The van der Waals surface area contributed by atoms with Crippen molar-refractivity contribution in [1.82, 2.24) is 0 Å². The average molecular weight is 502 g/mol. The number of Topliss-reactive ketones (excluding diaryl/α,β-unsaturated/α-hetero) is 1. The Morgan fingerprint density at radius 3 is 2.27 bits per heavy atom. The number of phenolic OH excluding ortho intramolecular Hbond substituents is 1. The van der Waals surface area contributed by atoms with Crippen LogP contribution < -0.4 is 9.64 Å². The summed E-state index contributed by atoms with van der Waals surface area (Å²) >= 11 is 0. The van der Waals surface area contributed by atoms with Gasteiger partial charge in [-0.05, 0) is 86.5 Å². The van der Waals surface area contributed by atoms with E-state index in [2.05, 4.69) is 0 Å². The number of aromatic hydroxyl groups is 1. The lowest BCUT2D eigenvalue weighted by molar-refractivity contribution is -0.132. The Morgan fingerprint density at radius 2 is 1.65 bits per heavy atom. The highest BCUT2D eigenvalue weighted by atomic mass is 16.5. The SMILES string of the molecule is CCOC(=O)c1ccc(N2C(=O)C(=O)/C(=C(\O)c3ccc(OCC)c(C)c3)C2c2cccc(O)c2)cc1. The number of ether oxygens (including phenoxy) is 2. The molecule has 1 amide bonds. The highest BCUT2D eigenvalue weighted by molar-refractivity contribution is 6.51. The van der Waals surface area contributed by atoms with Gasteiger partial charge in [0, 0.05) is 11.3 Å². The number of ketones is 1. The van der Waals surface area contributed by atoms with Gasteiger partial charge in [0.25, 0.3) is 11.7 Å². The van der Waals surface area contributed by atoms with E-state index >= 15 is 0 Å². The van der Waals surface area contributed by atoms with E-state index in [-0.39, 0.29) is 23.7 Å². The standard InChI is InChI=1S/C29H27NO7/c1-4-36-23-14-11-20(15-17(23)3)26(32)24-25(19-7-6-8-22(31)16-19)30(28(34)27(24)33)21-12-9-18(10-13-21)29(35)37-5-2/h6-16,25,31-32H,4-5H2,1-3H3/b26-24-. The third-order valence-corrected chi connectivity index (χ3v) is 6.04. The minimum Gasteiger partial charge on any atom is -0.508 e. The van der Waals surface area contributed by atoms with E-state index in [9.17, 15) is 24.6 Å². The molecule has 0 aromatic heterocycles. The molecule has 0 saturated carbocycles. The summed E-state index contributed by atoms with van der Waals surface area (Å²) in [4.78, 5) is 39.9. The molecule has 2 N–H and O–H groups in total. The predicted molar refractivity (Wildman–Crippen MR) is 138 cm³/mol. The zero-order chi connectivity index (χ0) is 26.7. The first kappa shape index (κ1) is 25.5. The van der Waals surface area contributed by atoms with Crippen LogP contribution in [0.15, 0.2) is 72.3 Å². The Labute approximate surface area is 214 Å². The fourth-order valence-electron chi connectivity index (χ4n) is 4.35. The lowest BCUT2D eigenvalue weighted by Gasteiger charge is -2.25. The maximum atomic E-state index is 13.3. The van der Waals surface area contributed by atoms with Crippen LogP contribution in [-0.2, 0) is 14.3 Å². The molecule has 0 radical (unpaired) electrons. The van der Waals surface area contributed by atoms with Crippen molar-refractivity contribution in [3.8, 4) is 11.5 Å². The molecular formula is C29H27NO7. The van der Waals surface area contributed by atoms with Crippen molar-refractivity contribution in [2.45, 2.75) is 26.8 Å². The molecular weight excluding hydrogens is 474 g/mol. The zero-order valence-corrected chi connectivity index (χ0v) is 20.7. The average Bonchev–Trinajstić information content (AvgIpc) is 3.15. The van der Waals surface area contributed by atoms with Gasteiger partial charge in [0.15, 0.2) is 0 Å². The molecule has 4 rings (SSSR count). The third-order valence-electron chi connectivity index (χ3n) is 6.04. The molecule has 1 heterocycles. The van der Waals surface area contributed by atoms with Gasteiger partial charge in [-0.3, -0.25) is 14.5 Å². The number of anilines is 1. The van der Waals surface area contributed by atoms with Crippen molar-refractivity contribution in [1.29, 1.82) is 0 Å². The van der Waals surface area contributed by atoms with Crippen molar-refractivity contribution >= 4 is 29.1 Å². The summed E-state index contributed by atoms with van der Waals surface area (Å²) in [7, 11) is 0. The highest BCUT2D eigenvalue weighted by Gasteiger charge is 2.47. The van der Waals surface area contributed by atoms with Gasteiger partial charge in [0.1, 0.15) is 17.3 Å². The van der Waals surface area contributed by atoms with E-state index in [4.69, 9.17) is 9.47 Å². The van der Waals surface area contributed by atoms with Crippen LogP contribution in [0.5, 0.6) is 11.5 Å². The molecule has 1 saturated heterocycles. The molecule has 8 nitrogen and oxygen atoms in total. The van der Waals surface area contributed by atoms with Crippen LogP contribution in [0, 0.1) is 6.92 Å². The lowest BCUT2D eigenvalue weighted by atomic mass is 9.94. The van der Waals surface area contributed by atoms with Crippen LogP contribution in [0.2, 0.25) is 0 Å². The number of esters is 1. The number of carbonyl (C=O) groups excluding carboxylic acids is 3. The Bertz CT molecular complexity index is 1390. The van der Waals surface area contributed by atoms with Gasteiger partial charge < -0.3 is 19.7 Å². The van der Waals surface area contributed by atoms with Crippen molar-refractivity contribution in [2.24, 2.45) is 0 Å². The number of aryl methyl sites for hydroxylation is 1. The van der Waals surface area contributed by atoms with E-state index < -0.39 is 23.7 Å². The number of nitrogens with zero attached hydrogens (tertiary/aromatic N) is 1. The van der Waals surface area contributed by atoms with Crippen LogP contribution in [0.4, 0.5) is 5.69 Å². The summed E-state index contributed by atoms with van der Waals surface area (Å²) in [5, 5.41) is 21.4. The van der Waals surface area contributed by atoms with Gasteiger partial charge >= 0.3 is 5.97 Å². The third kappa shape index (κ3) is 4.91. The molecule has 1 atom stereocenters. The maximum absolute atomic E-state index is 13.3. The first-order valence-electron chi connectivity index (χ1n) is 11.9. The van der Waals surface area contributed by atoms with Crippen LogP contribution in [0.25, 0.3) is 5.76 Å². The lowest BCUT2D eigenvalue weighted by Crippen LogP contribution is -2.29. The van der Waals surface area contributed by atoms with E-state index in [1.54, 1.807) is 37.3 Å². The van der Waals surface area contributed by atoms with E-state index in [1.807, 2.05) is 13.8 Å². The monoisotopic (exact) mass is 501 g/mol. The van der Waals surface area contributed by atoms with E-state index in [1.165, 1.54) is 41.3 Å². The number of amides is 1. The number of rotatable bonds is 7. The molecule has 1 unspecified atom stereocenters. The number of hydrogen-bond donors (Lipinski definition) is 2. The van der Waals surface area contributed by atoms with Crippen molar-refractivity contribution < 1.29 is 34.1 Å². The Hall–Kier alpha value is -4.59. The molecule has 190 valence electrons. The minimum absolute atomic E-state index is 0.0577. The van der Waals surface area contributed by atoms with Gasteiger partial charge in [-0.1, -0.05) is 12.1 Å². The Balaban J connectivity index is 1.86. The van der Waals surface area contributed by atoms with Gasteiger partial charge in [-0.2, -0.15) is 0 Å². The first-order valence-corrected chi connectivity index (χ1v) is 11.9. The smallest absolute Gasteiger partial charge is 0.338 e. The van der Waals surface area contributed by atoms with Crippen LogP contribution >= 0.6 is 0 Å². The molecule has 37 heavy (non-hydrogen) atoms. The highest BCUT2D eigenvalue weighted by Crippen LogP contribution is 2.43. The summed E-state index contributed by atoms with van der Waals surface area (Å²) in [5.41, 5.74) is 2.04. The van der Waals surface area contributed by atoms with Gasteiger partial charge in [0.05, 0.1) is 30.4 Å². The summed E-state index contributed by atoms with van der Waals surface area (Å²) < 4.78 is 10.6. The molecule has 0 aliphatic carbocycles. The minimum atomic E-state index is -1.02. The summed E-state index contributed by atoms with van der Waals surface area (Å²) in [6, 6.07) is 16.2. The van der Waals surface area contributed by atoms with Crippen molar-refractivity contribution in [2.75, 3.05) is 18.1 Å². The number of phenols is 1. The largest absolute Gasteiger partial charge is 0.508 e. The predicted octanol–water partition coefficient (Wildman–Crippen LogP) is 4.90. The van der Waals surface area contributed by atoms with Crippen molar-refractivity contribution in [3.63, 3.8) is 0 Å². The van der Waals surface area contributed by atoms with E-state index in [0.717, 1.165) is 5.56 Å². The van der Waals surface area contributed by atoms with Gasteiger partial charge in [0.2, 0.25) is 0 Å². The second-order valence-corrected chi connectivity index (χ2v) is 8.44. The fourth-order valence-corrected chi connectivity index (χ4v) is 4.35. The molecule has 8 heteroatoms. The summed E-state index contributed by atoms with van der Waals surface area (Å²) in [6.45, 7) is 6.08. The molecule has 1 fully saturated rings. The molecule has 1 aliphatic heterocycles. The number of aliphatic hydroxyl groups is 1. The van der Waals surface area contributed by atoms with Crippen molar-refractivity contribution in [3.05, 3.63) is 94.6 Å². The topological polar surface area (TPSA) is 113 Å². The number of carbonyl (C=O) groups is 3. The zero-order valence-electron chi connectivity index (χ0n) is 20.7. The molecule has 0 bridgehead atoms. The van der Waals surface area contributed by atoms with Crippen LogP contribution in [0.1, 0.15) is 46.9 Å². The summed E-state index contributed by atoms with van der Waals surface area (Å²) in [6.07, 6.45) is 0. The van der Waals surface area contributed by atoms with Gasteiger partial charge in [-0.15, -0.1) is 0 Å². The summed E-state index contributed by atoms with van der Waals surface area (Å²) in [5.74, 6) is -1.98. The molecule has 3 aromatic rings. The molecule has 1 aliphatic rings. The van der Waals surface area contributed by atoms with Crippen LogP contribution in [0.3, 0.4) is 0 Å². The molecule has 0 spiro atoms. The number of hydrogen-bond acceptors (Lipinski definition) is 7. The first-order chi connectivity index (χ1) is 17.8. The molecule has 3 aromatic carbocycles. The quantitative estimate of drug-likeness (QED) is 0.205. The Kier molecular flexibility index (Phi) is 7.29. The normalized spacial score (nSPS) is 16.6.